The number of amides is 5. The Bertz CT molecular complexity index is 3360. The third-order valence-electron chi connectivity index (χ3n) is 16.4. The maximum absolute atomic E-state index is 12.9. The van der Waals surface area contributed by atoms with E-state index in [0.717, 1.165) is 99.4 Å². The van der Waals surface area contributed by atoms with Crippen LogP contribution in [0.2, 0.25) is 5.28 Å². The lowest BCUT2D eigenvalue weighted by atomic mass is 9.95. The van der Waals surface area contributed by atoms with Gasteiger partial charge in [0.05, 0.1) is 36.9 Å². The van der Waals surface area contributed by atoms with Gasteiger partial charge in [-0.05, 0) is 133 Å². The number of nitrogens with two attached hydrogens (primary N) is 1. The Balaban J connectivity index is 0.000000149. The lowest BCUT2D eigenvalue weighted by Gasteiger charge is -2.27. The van der Waals surface area contributed by atoms with Gasteiger partial charge in [-0.1, -0.05) is 25.7 Å². The van der Waals surface area contributed by atoms with Crippen molar-refractivity contribution in [3.05, 3.63) is 77.9 Å². The van der Waals surface area contributed by atoms with E-state index in [9.17, 15) is 24.0 Å². The van der Waals surface area contributed by atoms with Gasteiger partial charge in [0.15, 0.2) is 0 Å². The summed E-state index contributed by atoms with van der Waals surface area (Å²) >= 11 is 5.92. The molecule has 4 saturated heterocycles. The fourth-order valence-electron chi connectivity index (χ4n) is 12.1. The highest BCUT2D eigenvalue weighted by molar-refractivity contribution is 6.28. The Hall–Kier alpha value is -7.86. The van der Waals surface area contributed by atoms with Crippen molar-refractivity contribution in [2.75, 3.05) is 88.3 Å². The van der Waals surface area contributed by atoms with Crippen molar-refractivity contribution in [3.8, 4) is 0 Å². The Morgan fingerprint density at radius 1 is 0.679 bits per heavy atom. The zero-order chi connectivity index (χ0) is 59.5. The number of fused-ring (bicyclic) bond motifs is 2. The van der Waals surface area contributed by atoms with Gasteiger partial charge in [-0.25, -0.2) is 34.3 Å². The second-order valence-electron chi connectivity index (χ2n) is 24.1. The Labute approximate surface area is 493 Å². The molecule has 0 aromatic carbocycles. The zero-order valence-corrected chi connectivity index (χ0v) is 49.9. The van der Waals surface area contributed by atoms with Gasteiger partial charge >= 0.3 is 18.3 Å². The Kier molecular flexibility index (Phi) is 17.5. The number of halogens is 1. The molecule has 6 aromatic rings. The van der Waals surface area contributed by atoms with Gasteiger partial charge in [0.25, 0.3) is 11.8 Å². The quantitative estimate of drug-likeness (QED) is 0.0945. The fourth-order valence-corrected chi connectivity index (χ4v) is 12.3. The molecule has 25 heteroatoms. The van der Waals surface area contributed by atoms with Crippen molar-refractivity contribution in [1.29, 1.82) is 0 Å². The maximum atomic E-state index is 12.9. The molecule has 0 radical (unpaired) electrons. The summed E-state index contributed by atoms with van der Waals surface area (Å²) in [6, 6.07) is 11.4. The average molecular weight is 1170 g/mol. The first-order valence-corrected chi connectivity index (χ1v) is 29.5. The minimum absolute atomic E-state index is 0.00831. The Morgan fingerprint density at radius 2 is 1.23 bits per heavy atom. The van der Waals surface area contributed by atoms with Crippen LogP contribution in [0.1, 0.15) is 144 Å². The number of anilines is 5. The average Bonchev–Trinajstić information content (AvgIpc) is 2.51. The molecule has 5 amide bonds. The van der Waals surface area contributed by atoms with Gasteiger partial charge in [0.1, 0.15) is 51.1 Å². The predicted octanol–water partition coefficient (Wildman–Crippen LogP) is 9.54. The lowest BCUT2D eigenvalue weighted by Crippen LogP contribution is -2.39. The number of likely N-dealkylation sites (tertiary alicyclic amines) is 1. The summed E-state index contributed by atoms with van der Waals surface area (Å²) in [4.78, 5) is 97.0. The van der Waals surface area contributed by atoms with Crippen molar-refractivity contribution in [2.45, 2.75) is 140 Å². The van der Waals surface area contributed by atoms with Gasteiger partial charge in [0.2, 0.25) is 11.2 Å². The maximum Gasteiger partial charge on any atom is 0.415 e. The van der Waals surface area contributed by atoms with Gasteiger partial charge < -0.3 is 54.4 Å². The van der Waals surface area contributed by atoms with Crippen LogP contribution in [-0.4, -0.2) is 168 Å². The molecule has 2 aliphatic carbocycles. The van der Waals surface area contributed by atoms with E-state index in [2.05, 4.69) is 44.7 Å². The first-order chi connectivity index (χ1) is 40.2. The number of carbonyl (C=O) groups excluding carboxylic acids is 5. The van der Waals surface area contributed by atoms with E-state index in [1.165, 1.54) is 12.8 Å². The number of hydrogen-bond acceptors (Lipinski definition) is 17. The molecule has 6 aliphatic rings. The fraction of sp³-hybridized carbons (Fsp3) is 0.542. The van der Waals surface area contributed by atoms with Crippen LogP contribution in [0.15, 0.2) is 61.2 Å². The Morgan fingerprint density at radius 3 is 1.77 bits per heavy atom. The molecule has 4 aliphatic heterocycles. The summed E-state index contributed by atoms with van der Waals surface area (Å²) in [7, 11) is 7.06. The molecule has 448 valence electrons. The number of ether oxygens (including phenoxy) is 3. The number of aromatic nitrogens is 8. The van der Waals surface area contributed by atoms with E-state index in [1.54, 1.807) is 89.6 Å². The molecule has 2 saturated carbocycles. The van der Waals surface area contributed by atoms with Gasteiger partial charge in [-0.3, -0.25) is 19.4 Å². The number of carbonyl (C=O) groups is 5. The predicted molar refractivity (Wildman–Crippen MR) is 319 cm³/mol. The minimum atomic E-state index is -0.588. The van der Waals surface area contributed by atoms with Gasteiger partial charge in [-0.15, -0.1) is 0 Å². The number of rotatable bonds is 8. The summed E-state index contributed by atoms with van der Waals surface area (Å²) in [5.41, 5.74) is 8.26. The van der Waals surface area contributed by atoms with Crippen molar-refractivity contribution in [2.24, 2.45) is 0 Å². The molecule has 2 atom stereocenters. The molecule has 12 rings (SSSR count). The van der Waals surface area contributed by atoms with E-state index >= 15 is 0 Å². The number of nitrogens with one attached hydrogen (secondary N) is 2. The number of hydrogen-bond donors (Lipinski definition) is 3. The molecule has 6 fully saturated rings. The standard InChI is InChI=1S/C27H34N8O3.C18H26N4O4.C14H17ClN4O/c1-33(2)24(36)21-14-18-15-30-25(32-23(18)35(21)19-6-3-4-7-19)31-22-9-8-20(16-29-22)34-17-27(38-26(34)37)10-5-12-28-13-11-27;1-17(2,3)25-15(23)21-9-4-7-18(8-10-21)12-22(16(24)26-18)13-5-6-14(19)20-11-13;1-18(2)13(20)11-7-9-8-16-14(15)17-12(9)19(11)10-5-3-4-6-10/h8-9,14-16,19,28H,3-7,10-13,17H2,1-2H3,(H,29,30,31,32);5-6,11H,4,7-10,12H2,1-3H3,(H2,19,20);7-8,10H,3-6H2,1-2H3. The monoisotopic (exact) mass is 1170 g/mol. The van der Waals surface area contributed by atoms with E-state index in [-0.39, 0.29) is 41.4 Å². The van der Waals surface area contributed by atoms with Crippen LogP contribution in [0.3, 0.4) is 0 Å². The third kappa shape index (κ3) is 13.2. The molecule has 24 nitrogen and oxygen atoms in total. The van der Waals surface area contributed by atoms with Crippen molar-refractivity contribution >= 4 is 92.7 Å². The topological polar surface area (TPSA) is 267 Å². The largest absolute Gasteiger partial charge is 0.444 e. The van der Waals surface area contributed by atoms with Gasteiger partial charge in [-0.2, -0.15) is 9.97 Å². The molecule has 6 aromatic heterocycles. The minimum Gasteiger partial charge on any atom is -0.444 e. The number of nitrogen functional groups attached to an aromatic ring is 1. The zero-order valence-electron chi connectivity index (χ0n) is 49.1. The highest BCUT2D eigenvalue weighted by Gasteiger charge is 2.48. The molecule has 0 bridgehead atoms. The normalized spacial score (nSPS) is 21.2. The summed E-state index contributed by atoms with van der Waals surface area (Å²) in [5, 5.41) is 8.49. The van der Waals surface area contributed by atoms with E-state index in [4.69, 9.17) is 36.5 Å². The van der Waals surface area contributed by atoms with Crippen molar-refractivity contribution in [1.82, 2.24) is 59.1 Å². The lowest BCUT2D eigenvalue weighted by molar-refractivity contribution is 0.0216. The van der Waals surface area contributed by atoms with Crippen LogP contribution in [0, 0.1) is 0 Å². The van der Waals surface area contributed by atoms with E-state index in [1.807, 2.05) is 45.0 Å². The number of nitrogens with zero attached hydrogens (tertiary/aromatic N) is 13. The molecule has 2 spiro atoms. The van der Waals surface area contributed by atoms with Crippen LogP contribution in [-0.2, 0) is 14.2 Å². The third-order valence-corrected chi connectivity index (χ3v) is 16.6. The summed E-state index contributed by atoms with van der Waals surface area (Å²) in [6.45, 7) is 9.42. The smallest absolute Gasteiger partial charge is 0.415 e. The molecular formula is C59H77ClN16O8. The van der Waals surface area contributed by atoms with Crippen LogP contribution < -0.4 is 26.2 Å². The SMILES string of the molecule is CC(C)(C)OC(=O)N1CCCC2(CC1)CN(c1ccc(N)nc1)C(=O)O2.CN(C)C(=O)c1cc2cnc(Cl)nc2n1C1CCCC1.CN(C)C(=O)c1cc2cnc(Nc3ccc(N4CC5(CCCNCC5)OC4=O)cn3)nc2n1C1CCCC1. The summed E-state index contributed by atoms with van der Waals surface area (Å²) in [6.07, 6.45) is 19.3. The first-order valence-electron chi connectivity index (χ1n) is 29.2. The highest BCUT2D eigenvalue weighted by Crippen LogP contribution is 2.39. The second kappa shape index (κ2) is 24.8. The second-order valence-corrected chi connectivity index (χ2v) is 24.5. The molecule has 4 N–H and O–H groups in total. The van der Waals surface area contributed by atoms with Crippen LogP contribution in [0.5, 0.6) is 0 Å². The molecular weight excluding hydrogens is 1100 g/mol. The van der Waals surface area contributed by atoms with Crippen LogP contribution in [0.4, 0.5) is 43.3 Å². The molecule has 2 unspecified atom stereocenters. The molecule has 10 heterocycles. The van der Waals surface area contributed by atoms with Gasteiger partial charge in [0, 0.05) is 89.4 Å². The summed E-state index contributed by atoms with van der Waals surface area (Å²) in [5.74, 6) is 1.33. The van der Waals surface area contributed by atoms with Crippen LogP contribution in [0.25, 0.3) is 22.1 Å². The van der Waals surface area contributed by atoms with Crippen LogP contribution >= 0.6 is 11.6 Å². The first kappa shape index (κ1) is 59.3. The number of pyridine rings is 2. The van der Waals surface area contributed by atoms with E-state index in [0.29, 0.717) is 85.4 Å². The van der Waals surface area contributed by atoms with E-state index < -0.39 is 16.8 Å². The molecule has 84 heavy (non-hydrogen) atoms. The highest BCUT2D eigenvalue weighted by atomic mass is 35.5. The van der Waals surface area contributed by atoms with Crippen molar-refractivity contribution in [3.63, 3.8) is 0 Å². The van der Waals surface area contributed by atoms with Crippen molar-refractivity contribution < 1.29 is 38.2 Å². The summed E-state index contributed by atoms with van der Waals surface area (Å²) < 4.78 is 21.2.